The fourth-order valence-corrected chi connectivity index (χ4v) is 1.17. The molecule has 14 heavy (non-hydrogen) atoms. The van der Waals surface area contributed by atoms with Crippen LogP contribution in [-0.4, -0.2) is 29.9 Å². The monoisotopic (exact) mass is 193 g/mol. The van der Waals surface area contributed by atoms with Crippen LogP contribution in [0.4, 0.5) is 5.82 Å². The molecular formula is C10H15N3O. The van der Waals surface area contributed by atoms with Crippen molar-refractivity contribution in [2.45, 2.75) is 13.3 Å². The maximum Gasteiger partial charge on any atom is 0.253 e. The summed E-state index contributed by atoms with van der Waals surface area (Å²) in [5.74, 6) is 0.350. The molecule has 2 N–H and O–H groups in total. The summed E-state index contributed by atoms with van der Waals surface area (Å²) < 4.78 is 0. The topological polar surface area (TPSA) is 59.2 Å². The second kappa shape index (κ2) is 4.09. The van der Waals surface area contributed by atoms with Gasteiger partial charge in [0.15, 0.2) is 0 Å². The van der Waals surface area contributed by atoms with E-state index in [4.69, 9.17) is 5.73 Å². The van der Waals surface area contributed by atoms with Crippen LogP contribution in [0.1, 0.15) is 23.0 Å². The summed E-state index contributed by atoms with van der Waals surface area (Å²) in [4.78, 5) is 17.2. The zero-order chi connectivity index (χ0) is 10.7. The van der Waals surface area contributed by atoms with Gasteiger partial charge in [-0.25, -0.2) is 4.98 Å². The predicted molar refractivity (Wildman–Crippen MR) is 56.0 cm³/mol. The Hall–Kier alpha value is -1.58. The lowest BCUT2D eigenvalue weighted by atomic mass is 10.2. The van der Waals surface area contributed by atoms with Gasteiger partial charge in [-0.05, 0) is 18.6 Å². The van der Waals surface area contributed by atoms with Gasteiger partial charge >= 0.3 is 0 Å². The zero-order valence-electron chi connectivity index (χ0n) is 8.74. The highest BCUT2D eigenvalue weighted by molar-refractivity contribution is 5.94. The maximum absolute atomic E-state index is 11.6. The Morgan fingerprint density at radius 2 is 2.14 bits per heavy atom. The number of nitrogens with zero attached hydrogens (tertiary/aromatic N) is 2. The van der Waals surface area contributed by atoms with Crippen molar-refractivity contribution in [2.75, 3.05) is 19.8 Å². The molecule has 1 rings (SSSR count). The van der Waals surface area contributed by atoms with E-state index in [1.165, 1.54) is 4.90 Å². The predicted octanol–water partition coefficient (Wildman–Crippen LogP) is 0.928. The summed E-state index contributed by atoms with van der Waals surface area (Å²) in [5, 5.41) is 0. The molecule has 1 aromatic rings. The van der Waals surface area contributed by atoms with E-state index in [-0.39, 0.29) is 5.91 Å². The molecule has 0 fully saturated rings. The van der Waals surface area contributed by atoms with E-state index in [0.29, 0.717) is 11.4 Å². The molecule has 0 atom stereocenters. The van der Waals surface area contributed by atoms with Gasteiger partial charge in [0, 0.05) is 25.4 Å². The fourth-order valence-electron chi connectivity index (χ4n) is 1.17. The number of nitrogen functional groups attached to an aromatic ring is 1. The third-order valence-electron chi connectivity index (χ3n) is 1.91. The Morgan fingerprint density at radius 1 is 1.50 bits per heavy atom. The molecule has 0 spiro atoms. The number of rotatable bonds is 2. The van der Waals surface area contributed by atoms with Crippen LogP contribution in [0.5, 0.6) is 0 Å². The summed E-state index contributed by atoms with van der Waals surface area (Å²) in [5.41, 5.74) is 7.03. The van der Waals surface area contributed by atoms with Crippen molar-refractivity contribution in [3.63, 3.8) is 0 Å². The minimum Gasteiger partial charge on any atom is -0.384 e. The van der Waals surface area contributed by atoms with Gasteiger partial charge in [0.25, 0.3) is 5.91 Å². The van der Waals surface area contributed by atoms with Crippen molar-refractivity contribution in [3.8, 4) is 0 Å². The van der Waals surface area contributed by atoms with E-state index in [0.717, 1.165) is 12.1 Å². The smallest absolute Gasteiger partial charge is 0.253 e. The number of anilines is 1. The van der Waals surface area contributed by atoms with E-state index in [1.807, 2.05) is 6.92 Å². The van der Waals surface area contributed by atoms with Crippen molar-refractivity contribution >= 4 is 11.7 Å². The molecule has 0 saturated carbocycles. The molecule has 0 aliphatic carbocycles. The average Bonchev–Trinajstić information content (AvgIpc) is 2.15. The normalized spacial score (nSPS) is 9.93. The Bertz CT molecular complexity index is 347. The van der Waals surface area contributed by atoms with Crippen molar-refractivity contribution < 1.29 is 4.79 Å². The molecule has 0 bridgehead atoms. The van der Waals surface area contributed by atoms with E-state index >= 15 is 0 Å². The molecule has 1 amide bonds. The standard InChI is InChI=1S/C10H15N3O/c1-4-8-5-7(6-9(11)12-8)10(14)13(2)3/h5-6H,4H2,1-3H3,(H2,11,12). The summed E-state index contributed by atoms with van der Waals surface area (Å²) in [6.45, 7) is 1.98. The highest BCUT2D eigenvalue weighted by atomic mass is 16.2. The van der Waals surface area contributed by atoms with Crippen LogP contribution in [-0.2, 0) is 6.42 Å². The van der Waals surface area contributed by atoms with Gasteiger partial charge in [0.05, 0.1) is 0 Å². The Kier molecular flexibility index (Phi) is 3.06. The Morgan fingerprint density at radius 3 is 2.64 bits per heavy atom. The van der Waals surface area contributed by atoms with Crippen molar-refractivity contribution in [3.05, 3.63) is 23.4 Å². The average molecular weight is 193 g/mol. The lowest BCUT2D eigenvalue weighted by molar-refractivity contribution is 0.0827. The van der Waals surface area contributed by atoms with Crippen LogP contribution in [0, 0.1) is 0 Å². The van der Waals surface area contributed by atoms with Crippen molar-refractivity contribution in [1.82, 2.24) is 9.88 Å². The number of hydrogen-bond donors (Lipinski definition) is 1. The molecule has 0 aromatic carbocycles. The van der Waals surface area contributed by atoms with E-state index in [1.54, 1.807) is 26.2 Å². The number of pyridine rings is 1. The minimum atomic E-state index is -0.0474. The SMILES string of the molecule is CCc1cc(C(=O)N(C)C)cc(N)n1. The van der Waals surface area contributed by atoms with E-state index in [2.05, 4.69) is 4.98 Å². The second-order valence-electron chi connectivity index (χ2n) is 3.33. The molecule has 0 saturated heterocycles. The fraction of sp³-hybridized carbons (Fsp3) is 0.400. The van der Waals surface area contributed by atoms with E-state index in [9.17, 15) is 4.79 Å². The van der Waals surface area contributed by atoms with Gasteiger partial charge in [-0.1, -0.05) is 6.92 Å². The lowest BCUT2D eigenvalue weighted by Gasteiger charge is -2.11. The zero-order valence-corrected chi connectivity index (χ0v) is 8.74. The molecule has 0 aliphatic heterocycles. The second-order valence-corrected chi connectivity index (χ2v) is 3.33. The van der Waals surface area contributed by atoms with Crippen molar-refractivity contribution in [1.29, 1.82) is 0 Å². The molecule has 1 heterocycles. The first-order chi connectivity index (χ1) is 6.54. The van der Waals surface area contributed by atoms with Crippen LogP contribution in [0.2, 0.25) is 0 Å². The van der Waals surface area contributed by atoms with Crippen molar-refractivity contribution in [2.24, 2.45) is 0 Å². The van der Waals surface area contributed by atoms with Crippen LogP contribution in [0.15, 0.2) is 12.1 Å². The van der Waals surface area contributed by atoms with E-state index < -0.39 is 0 Å². The first kappa shape index (κ1) is 10.5. The molecule has 0 radical (unpaired) electrons. The third-order valence-corrected chi connectivity index (χ3v) is 1.91. The molecule has 4 nitrogen and oxygen atoms in total. The maximum atomic E-state index is 11.6. The quantitative estimate of drug-likeness (QED) is 0.760. The van der Waals surface area contributed by atoms with Gasteiger partial charge in [-0.2, -0.15) is 0 Å². The minimum absolute atomic E-state index is 0.0474. The number of hydrogen-bond acceptors (Lipinski definition) is 3. The molecule has 0 aliphatic rings. The third kappa shape index (κ3) is 2.22. The first-order valence-corrected chi connectivity index (χ1v) is 4.52. The summed E-state index contributed by atoms with van der Waals surface area (Å²) >= 11 is 0. The van der Waals surface area contributed by atoms with Gasteiger partial charge in [0.1, 0.15) is 5.82 Å². The van der Waals surface area contributed by atoms with Gasteiger partial charge in [-0.3, -0.25) is 4.79 Å². The highest BCUT2D eigenvalue weighted by Gasteiger charge is 2.09. The molecule has 4 heteroatoms. The van der Waals surface area contributed by atoms with Gasteiger partial charge in [0.2, 0.25) is 0 Å². The van der Waals surface area contributed by atoms with Gasteiger partial charge < -0.3 is 10.6 Å². The van der Waals surface area contributed by atoms with Crippen LogP contribution in [0.25, 0.3) is 0 Å². The van der Waals surface area contributed by atoms with Crippen LogP contribution < -0.4 is 5.73 Å². The van der Waals surface area contributed by atoms with Gasteiger partial charge in [-0.15, -0.1) is 0 Å². The highest BCUT2D eigenvalue weighted by Crippen LogP contribution is 2.09. The first-order valence-electron chi connectivity index (χ1n) is 4.52. The largest absolute Gasteiger partial charge is 0.384 e. The number of nitrogens with two attached hydrogens (primary N) is 1. The lowest BCUT2D eigenvalue weighted by Crippen LogP contribution is -2.22. The number of carbonyl (C=O) groups excluding carboxylic acids is 1. The summed E-state index contributed by atoms with van der Waals surface area (Å²) in [7, 11) is 3.43. The number of amides is 1. The Balaban J connectivity index is 3.09. The van der Waals surface area contributed by atoms with Crippen LogP contribution >= 0.6 is 0 Å². The summed E-state index contributed by atoms with van der Waals surface area (Å²) in [6.07, 6.45) is 0.777. The number of carbonyl (C=O) groups is 1. The molecule has 1 aromatic heterocycles. The Labute approximate surface area is 83.7 Å². The van der Waals surface area contributed by atoms with Crippen LogP contribution in [0.3, 0.4) is 0 Å². The number of aryl methyl sites for hydroxylation is 1. The molecule has 0 unspecified atom stereocenters. The number of aromatic nitrogens is 1. The molecule has 76 valence electrons. The summed E-state index contributed by atoms with van der Waals surface area (Å²) in [6, 6.07) is 3.38. The molecular weight excluding hydrogens is 178 g/mol.